The van der Waals surface area contributed by atoms with Gasteiger partial charge in [-0.3, -0.25) is 4.79 Å². The van der Waals surface area contributed by atoms with Crippen molar-refractivity contribution in [3.63, 3.8) is 0 Å². The van der Waals surface area contributed by atoms with Gasteiger partial charge in [0.2, 0.25) is 12.7 Å². The van der Waals surface area contributed by atoms with Gasteiger partial charge in [0.1, 0.15) is 0 Å². The van der Waals surface area contributed by atoms with Gasteiger partial charge in [0.05, 0.1) is 30.5 Å². The highest BCUT2D eigenvalue weighted by Gasteiger charge is 2.22. The van der Waals surface area contributed by atoms with Crippen LogP contribution in [-0.2, 0) is 4.74 Å². The molecule has 1 aromatic carbocycles. The van der Waals surface area contributed by atoms with E-state index in [1.54, 1.807) is 0 Å². The summed E-state index contributed by atoms with van der Waals surface area (Å²) < 4.78 is 16.0. The molecule has 1 atom stereocenters. The smallest absolute Gasteiger partial charge is 0.272 e. The molecule has 8 nitrogen and oxygen atoms in total. The van der Waals surface area contributed by atoms with Crippen LogP contribution in [0, 0.1) is 0 Å². The Balaban J connectivity index is 1.50. The maximum atomic E-state index is 12.7. The van der Waals surface area contributed by atoms with Crippen molar-refractivity contribution in [2.45, 2.75) is 13.0 Å². The fourth-order valence-corrected chi connectivity index (χ4v) is 3.14. The highest BCUT2D eigenvalue weighted by molar-refractivity contribution is 6.33. The number of nitrogens with one attached hydrogen (secondary N) is 1. The second-order valence-electron chi connectivity index (χ2n) is 6.27. The molecule has 1 aromatic heterocycles. The number of fused-ring (bicyclic) bond motifs is 1. The van der Waals surface area contributed by atoms with Gasteiger partial charge in [-0.25, -0.2) is 9.97 Å². The van der Waals surface area contributed by atoms with E-state index in [9.17, 15) is 4.79 Å². The highest BCUT2D eigenvalue weighted by atomic mass is 35.5. The number of carbonyl (C=O) groups is 1. The molecule has 2 aromatic rings. The molecule has 0 aliphatic carbocycles. The number of ether oxygens (including phenoxy) is 3. The summed E-state index contributed by atoms with van der Waals surface area (Å²) in [6.45, 7) is 4.66. The van der Waals surface area contributed by atoms with Crippen LogP contribution >= 0.6 is 11.6 Å². The van der Waals surface area contributed by atoms with Crippen molar-refractivity contribution in [2.75, 3.05) is 38.0 Å². The Labute approximate surface area is 161 Å². The zero-order valence-electron chi connectivity index (χ0n) is 14.8. The standard InChI is InChI=1S/C18H19ClN4O4/c1-11(12-2-3-14-15(8-12)27-10-26-14)21-17(24)16-13(19)9-20-18(22-16)23-4-6-25-7-5-23/h2-3,8-9,11H,4-7,10H2,1H3,(H,21,24)/t11-/m0/s1. The quantitative estimate of drug-likeness (QED) is 0.856. The van der Waals surface area contributed by atoms with Crippen LogP contribution in [-0.4, -0.2) is 49.0 Å². The van der Waals surface area contributed by atoms with E-state index in [0.29, 0.717) is 43.8 Å². The monoisotopic (exact) mass is 390 g/mol. The number of aromatic nitrogens is 2. The molecular weight excluding hydrogens is 372 g/mol. The molecule has 1 amide bonds. The summed E-state index contributed by atoms with van der Waals surface area (Å²) in [7, 11) is 0. The lowest BCUT2D eigenvalue weighted by Gasteiger charge is -2.27. The molecule has 1 saturated heterocycles. The van der Waals surface area contributed by atoms with Crippen molar-refractivity contribution in [1.82, 2.24) is 15.3 Å². The zero-order chi connectivity index (χ0) is 18.8. The zero-order valence-corrected chi connectivity index (χ0v) is 15.5. The summed E-state index contributed by atoms with van der Waals surface area (Å²) in [6, 6.07) is 5.31. The van der Waals surface area contributed by atoms with E-state index in [4.69, 9.17) is 25.8 Å². The number of halogens is 1. The lowest BCUT2D eigenvalue weighted by Crippen LogP contribution is -2.38. The topological polar surface area (TPSA) is 85.8 Å². The van der Waals surface area contributed by atoms with Crippen LogP contribution in [0.1, 0.15) is 29.0 Å². The first-order valence-corrected chi connectivity index (χ1v) is 9.05. The van der Waals surface area contributed by atoms with Crippen LogP contribution < -0.4 is 19.7 Å². The molecular formula is C18H19ClN4O4. The van der Waals surface area contributed by atoms with Crippen molar-refractivity contribution in [3.8, 4) is 11.5 Å². The number of hydrogen-bond acceptors (Lipinski definition) is 7. The van der Waals surface area contributed by atoms with Crippen molar-refractivity contribution >= 4 is 23.5 Å². The molecule has 27 heavy (non-hydrogen) atoms. The number of benzene rings is 1. The predicted octanol–water partition coefficient (Wildman–Crippen LogP) is 2.19. The first-order valence-electron chi connectivity index (χ1n) is 8.67. The van der Waals surface area contributed by atoms with Crippen LogP contribution in [0.15, 0.2) is 24.4 Å². The maximum absolute atomic E-state index is 12.7. The number of hydrogen-bond donors (Lipinski definition) is 1. The summed E-state index contributed by atoms with van der Waals surface area (Å²) in [5.41, 5.74) is 1.05. The third-order valence-electron chi connectivity index (χ3n) is 4.48. The van der Waals surface area contributed by atoms with E-state index < -0.39 is 0 Å². The van der Waals surface area contributed by atoms with Gasteiger partial charge in [-0.15, -0.1) is 0 Å². The van der Waals surface area contributed by atoms with Crippen molar-refractivity contribution in [3.05, 3.63) is 40.7 Å². The van der Waals surface area contributed by atoms with E-state index in [-0.39, 0.29) is 29.5 Å². The molecule has 1 fully saturated rings. The fourth-order valence-electron chi connectivity index (χ4n) is 2.96. The molecule has 2 aliphatic heterocycles. The number of rotatable bonds is 4. The van der Waals surface area contributed by atoms with Crippen molar-refractivity contribution < 1.29 is 19.0 Å². The van der Waals surface area contributed by atoms with Gasteiger partial charge >= 0.3 is 0 Å². The van der Waals surface area contributed by atoms with Gasteiger partial charge in [0.15, 0.2) is 17.2 Å². The third kappa shape index (κ3) is 3.77. The molecule has 3 heterocycles. The normalized spacial score (nSPS) is 16.9. The second kappa shape index (κ2) is 7.58. The molecule has 0 saturated carbocycles. The third-order valence-corrected chi connectivity index (χ3v) is 4.76. The molecule has 2 aliphatic rings. The Morgan fingerprint density at radius 1 is 1.26 bits per heavy atom. The van der Waals surface area contributed by atoms with Crippen LogP contribution in [0.5, 0.6) is 11.5 Å². The van der Waals surface area contributed by atoms with Gasteiger partial charge < -0.3 is 24.4 Å². The first kappa shape index (κ1) is 17.8. The van der Waals surface area contributed by atoms with Crippen LogP contribution in [0.25, 0.3) is 0 Å². The lowest BCUT2D eigenvalue weighted by molar-refractivity contribution is 0.0934. The van der Waals surface area contributed by atoms with E-state index >= 15 is 0 Å². The van der Waals surface area contributed by atoms with Gasteiger partial charge in [-0.05, 0) is 24.6 Å². The minimum Gasteiger partial charge on any atom is -0.454 e. The lowest BCUT2D eigenvalue weighted by atomic mass is 10.1. The number of amides is 1. The number of nitrogens with zero attached hydrogens (tertiary/aromatic N) is 3. The minimum absolute atomic E-state index is 0.153. The van der Waals surface area contributed by atoms with E-state index in [1.807, 2.05) is 30.0 Å². The van der Waals surface area contributed by atoms with Gasteiger partial charge in [-0.2, -0.15) is 0 Å². The number of anilines is 1. The van der Waals surface area contributed by atoms with Crippen molar-refractivity contribution in [2.24, 2.45) is 0 Å². The van der Waals surface area contributed by atoms with E-state index in [2.05, 4.69) is 15.3 Å². The maximum Gasteiger partial charge on any atom is 0.272 e. The van der Waals surface area contributed by atoms with Gasteiger partial charge in [0.25, 0.3) is 5.91 Å². The van der Waals surface area contributed by atoms with Crippen molar-refractivity contribution in [1.29, 1.82) is 0 Å². The van der Waals surface area contributed by atoms with Crippen LogP contribution in [0.4, 0.5) is 5.95 Å². The molecule has 0 radical (unpaired) electrons. The van der Waals surface area contributed by atoms with Crippen LogP contribution in [0.3, 0.4) is 0 Å². The van der Waals surface area contributed by atoms with Gasteiger partial charge in [-0.1, -0.05) is 17.7 Å². The predicted molar refractivity (Wildman–Crippen MR) is 98.5 cm³/mol. The molecule has 0 bridgehead atoms. The Morgan fingerprint density at radius 2 is 2.04 bits per heavy atom. The summed E-state index contributed by atoms with van der Waals surface area (Å²) in [4.78, 5) is 23.3. The van der Waals surface area contributed by atoms with Crippen LogP contribution in [0.2, 0.25) is 5.02 Å². The first-order chi connectivity index (χ1) is 13.1. The molecule has 9 heteroatoms. The Kier molecular flexibility index (Phi) is 5.00. The summed E-state index contributed by atoms with van der Waals surface area (Å²) in [5, 5.41) is 3.13. The number of carbonyl (C=O) groups excluding carboxylic acids is 1. The van der Waals surface area contributed by atoms with E-state index in [1.165, 1.54) is 6.20 Å². The average molecular weight is 391 g/mol. The fraction of sp³-hybridized carbons (Fsp3) is 0.389. The Bertz CT molecular complexity index is 857. The summed E-state index contributed by atoms with van der Waals surface area (Å²) >= 11 is 6.17. The highest BCUT2D eigenvalue weighted by Crippen LogP contribution is 2.34. The molecule has 142 valence electrons. The minimum atomic E-state index is -0.359. The number of morpholine rings is 1. The Morgan fingerprint density at radius 3 is 2.85 bits per heavy atom. The molecule has 0 spiro atoms. The molecule has 0 unspecified atom stereocenters. The van der Waals surface area contributed by atoms with Gasteiger partial charge in [0, 0.05) is 13.1 Å². The SMILES string of the molecule is C[C@H](NC(=O)c1nc(N2CCOCC2)ncc1Cl)c1ccc2c(c1)OCO2. The average Bonchev–Trinajstić information content (AvgIpc) is 3.16. The molecule has 4 rings (SSSR count). The molecule has 1 N–H and O–H groups in total. The largest absolute Gasteiger partial charge is 0.454 e. The Hall–Kier alpha value is -2.58. The second-order valence-corrected chi connectivity index (χ2v) is 6.68. The summed E-state index contributed by atoms with van der Waals surface area (Å²) in [6.07, 6.45) is 1.46. The summed E-state index contributed by atoms with van der Waals surface area (Å²) in [5.74, 6) is 1.49. The van der Waals surface area contributed by atoms with E-state index in [0.717, 1.165) is 5.56 Å².